The number of hydrogen-bond acceptors (Lipinski definition) is 3. The maximum absolute atomic E-state index is 9.34. The lowest BCUT2D eigenvalue weighted by atomic mass is 9.79. The fourth-order valence-electron chi connectivity index (χ4n) is 2.70. The van der Waals surface area contributed by atoms with E-state index in [1.807, 2.05) is 24.3 Å². The Labute approximate surface area is 176 Å². The molecular formula is C20H36IN3O2. The molecule has 1 aromatic rings. The minimum atomic E-state index is 0. The molecule has 0 unspecified atom stereocenters. The zero-order chi connectivity index (χ0) is 18.5. The summed E-state index contributed by atoms with van der Waals surface area (Å²) >= 11 is 0. The van der Waals surface area contributed by atoms with Crippen molar-refractivity contribution in [2.75, 3.05) is 32.8 Å². The van der Waals surface area contributed by atoms with Crippen molar-refractivity contribution in [3.8, 4) is 5.75 Å². The van der Waals surface area contributed by atoms with Gasteiger partial charge in [-0.05, 0) is 50.7 Å². The van der Waals surface area contributed by atoms with Crippen molar-refractivity contribution in [1.29, 1.82) is 0 Å². The van der Waals surface area contributed by atoms with Gasteiger partial charge in [0.1, 0.15) is 12.4 Å². The highest BCUT2D eigenvalue weighted by atomic mass is 127. The number of halogens is 1. The molecule has 0 spiro atoms. The Morgan fingerprint density at radius 3 is 2.31 bits per heavy atom. The van der Waals surface area contributed by atoms with E-state index in [0.717, 1.165) is 37.5 Å². The third-order valence-electron chi connectivity index (χ3n) is 4.74. The molecule has 1 aromatic carbocycles. The van der Waals surface area contributed by atoms with Crippen LogP contribution in [0.5, 0.6) is 5.75 Å². The van der Waals surface area contributed by atoms with Gasteiger partial charge in [0.25, 0.3) is 0 Å². The smallest absolute Gasteiger partial charge is 0.191 e. The molecule has 0 heterocycles. The van der Waals surface area contributed by atoms with Gasteiger partial charge in [-0.3, -0.25) is 4.99 Å². The molecule has 6 heteroatoms. The molecule has 3 N–H and O–H groups in total. The molecular weight excluding hydrogens is 441 g/mol. The van der Waals surface area contributed by atoms with Crippen molar-refractivity contribution in [2.45, 2.75) is 47.0 Å². The van der Waals surface area contributed by atoms with E-state index in [1.165, 1.54) is 5.56 Å². The van der Waals surface area contributed by atoms with Gasteiger partial charge in [0, 0.05) is 19.7 Å². The number of nitrogens with zero attached hydrogens (tertiary/aromatic N) is 1. The number of ether oxygens (including phenoxy) is 1. The highest BCUT2D eigenvalue weighted by molar-refractivity contribution is 14.0. The molecule has 1 rings (SSSR count). The van der Waals surface area contributed by atoms with Crippen molar-refractivity contribution >= 4 is 29.9 Å². The normalized spacial score (nSPS) is 11.7. The second-order valence-corrected chi connectivity index (χ2v) is 6.46. The van der Waals surface area contributed by atoms with Crippen molar-refractivity contribution < 1.29 is 9.84 Å². The Balaban J connectivity index is 0.00000625. The monoisotopic (exact) mass is 477 g/mol. The maximum atomic E-state index is 9.34. The third kappa shape index (κ3) is 9.07. The standard InChI is InChI=1S/C20H35N3O2.HI/c1-5-20(6-2,12-14-24)16-23-19(21-7-3)22-13-15-25-18-10-8-17(4)9-11-18;/h8-11,24H,5-7,12-16H2,1-4H3,(H2,21,22,23);1H. The minimum Gasteiger partial charge on any atom is -0.492 e. The first kappa shape index (κ1) is 25.0. The first-order valence-corrected chi connectivity index (χ1v) is 9.41. The Hall–Kier alpha value is -1.02. The van der Waals surface area contributed by atoms with Crippen LogP contribution in [0.15, 0.2) is 29.3 Å². The Morgan fingerprint density at radius 2 is 1.77 bits per heavy atom. The molecule has 0 aliphatic rings. The largest absolute Gasteiger partial charge is 0.492 e. The van der Waals surface area contributed by atoms with Crippen LogP contribution in [0.2, 0.25) is 0 Å². The van der Waals surface area contributed by atoms with Crippen LogP contribution >= 0.6 is 24.0 Å². The highest BCUT2D eigenvalue weighted by Crippen LogP contribution is 2.30. The van der Waals surface area contributed by atoms with Crippen LogP contribution in [-0.2, 0) is 0 Å². The van der Waals surface area contributed by atoms with Gasteiger partial charge in [-0.25, -0.2) is 0 Å². The van der Waals surface area contributed by atoms with E-state index >= 15 is 0 Å². The summed E-state index contributed by atoms with van der Waals surface area (Å²) in [6.45, 7) is 11.5. The van der Waals surface area contributed by atoms with E-state index in [9.17, 15) is 5.11 Å². The average molecular weight is 477 g/mol. The second kappa shape index (κ2) is 14.1. The van der Waals surface area contributed by atoms with Gasteiger partial charge in [0.15, 0.2) is 5.96 Å². The van der Waals surface area contributed by atoms with E-state index < -0.39 is 0 Å². The zero-order valence-corrected chi connectivity index (χ0v) is 19.0. The number of hydrogen-bond donors (Lipinski definition) is 3. The maximum Gasteiger partial charge on any atom is 0.191 e. The average Bonchev–Trinajstić information content (AvgIpc) is 2.63. The van der Waals surface area contributed by atoms with Crippen LogP contribution in [0.25, 0.3) is 0 Å². The van der Waals surface area contributed by atoms with Crippen LogP contribution < -0.4 is 15.4 Å². The number of aryl methyl sites for hydroxylation is 1. The molecule has 5 nitrogen and oxygen atoms in total. The molecule has 0 amide bonds. The molecule has 26 heavy (non-hydrogen) atoms. The number of aliphatic hydroxyl groups excluding tert-OH is 1. The number of aliphatic imine (C=N–C) groups is 1. The molecule has 0 aromatic heterocycles. The number of aliphatic hydroxyl groups is 1. The van der Waals surface area contributed by atoms with Gasteiger partial charge in [0.05, 0.1) is 6.54 Å². The van der Waals surface area contributed by atoms with Crippen molar-refractivity contribution in [1.82, 2.24) is 10.6 Å². The summed E-state index contributed by atoms with van der Waals surface area (Å²) in [5.74, 6) is 1.69. The van der Waals surface area contributed by atoms with E-state index in [-0.39, 0.29) is 36.0 Å². The predicted molar refractivity (Wildman–Crippen MR) is 121 cm³/mol. The lowest BCUT2D eigenvalue weighted by molar-refractivity contribution is 0.175. The number of rotatable bonds is 11. The van der Waals surface area contributed by atoms with Gasteiger partial charge in [-0.1, -0.05) is 31.5 Å². The topological polar surface area (TPSA) is 65.9 Å². The molecule has 0 aliphatic carbocycles. The van der Waals surface area contributed by atoms with Gasteiger partial charge < -0.3 is 20.5 Å². The molecule has 0 radical (unpaired) electrons. The zero-order valence-electron chi connectivity index (χ0n) is 16.7. The number of benzene rings is 1. The van der Waals surface area contributed by atoms with Crippen LogP contribution in [0.4, 0.5) is 0 Å². The summed E-state index contributed by atoms with van der Waals surface area (Å²) in [5.41, 5.74) is 1.31. The fraction of sp³-hybridized carbons (Fsp3) is 0.650. The molecule has 0 saturated heterocycles. The minimum absolute atomic E-state index is 0. The van der Waals surface area contributed by atoms with Crippen LogP contribution in [-0.4, -0.2) is 43.9 Å². The van der Waals surface area contributed by atoms with Crippen LogP contribution in [0, 0.1) is 12.3 Å². The lowest BCUT2D eigenvalue weighted by Crippen LogP contribution is -2.40. The van der Waals surface area contributed by atoms with Crippen molar-refractivity contribution in [3.05, 3.63) is 29.8 Å². The molecule has 0 atom stereocenters. The van der Waals surface area contributed by atoms with E-state index in [4.69, 9.17) is 9.73 Å². The van der Waals surface area contributed by atoms with Crippen molar-refractivity contribution in [2.24, 2.45) is 10.4 Å². The quantitative estimate of drug-likeness (QED) is 0.197. The lowest BCUT2D eigenvalue weighted by Gasteiger charge is -2.29. The number of nitrogens with one attached hydrogen (secondary N) is 2. The van der Waals surface area contributed by atoms with Crippen LogP contribution in [0.3, 0.4) is 0 Å². The molecule has 0 aliphatic heterocycles. The first-order chi connectivity index (χ1) is 12.1. The Bertz CT molecular complexity index is 502. The van der Waals surface area contributed by atoms with Crippen molar-refractivity contribution in [3.63, 3.8) is 0 Å². The van der Waals surface area contributed by atoms with E-state index in [1.54, 1.807) is 0 Å². The summed E-state index contributed by atoms with van der Waals surface area (Å²) in [6.07, 6.45) is 2.83. The third-order valence-corrected chi connectivity index (χ3v) is 4.74. The summed E-state index contributed by atoms with van der Waals surface area (Å²) < 4.78 is 5.74. The first-order valence-electron chi connectivity index (χ1n) is 9.41. The summed E-state index contributed by atoms with van der Waals surface area (Å²) in [6, 6.07) is 8.07. The van der Waals surface area contributed by atoms with E-state index in [2.05, 4.69) is 38.3 Å². The van der Waals surface area contributed by atoms with Crippen LogP contribution in [0.1, 0.15) is 45.6 Å². The van der Waals surface area contributed by atoms with E-state index in [0.29, 0.717) is 19.7 Å². The summed E-state index contributed by atoms with van der Waals surface area (Å²) in [4.78, 5) is 4.73. The molecule has 150 valence electrons. The Kier molecular flexibility index (Phi) is 13.5. The molecule has 0 bridgehead atoms. The predicted octanol–water partition coefficient (Wildman–Crippen LogP) is 3.74. The van der Waals surface area contributed by atoms with Gasteiger partial charge in [0.2, 0.25) is 0 Å². The fourth-order valence-corrected chi connectivity index (χ4v) is 2.70. The SMILES string of the molecule is CCNC(=NCC(CC)(CC)CCO)NCCOc1ccc(C)cc1.I. The Morgan fingerprint density at radius 1 is 1.12 bits per heavy atom. The van der Waals surface area contributed by atoms with Gasteiger partial charge >= 0.3 is 0 Å². The van der Waals surface area contributed by atoms with Gasteiger partial charge in [-0.2, -0.15) is 0 Å². The molecule has 0 fully saturated rings. The molecule has 0 saturated carbocycles. The number of guanidine groups is 1. The summed E-state index contributed by atoms with van der Waals surface area (Å²) in [5, 5.41) is 15.9. The van der Waals surface area contributed by atoms with Gasteiger partial charge in [-0.15, -0.1) is 24.0 Å². The highest BCUT2D eigenvalue weighted by Gasteiger charge is 2.25. The summed E-state index contributed by atoms with van der Waals surface area (Å²) in [7, 11) is 0. The second-order valence-electron chi connectivity index (χ2n) is 6.46.